The third-order valence-corrected chi connectivity index (χ3v) is 5.29. The molecule has 1 amide bonds. The molecule has 2 aromatic carbocycles. The highest BCUT2D eigenvalue weighted by molar-refractivity contribution is 5.95. The number of hydrogen-bond donors (Lipinski definition) is 1. The molecule has 1 aliphatic rings. The summed E-state index contributed by atoms with van der Waals surface area (Å²) in [5.74, 6) is 2.19. The average Bonchev–Trinajstić information content (AvgIpc) is 3.36. The number of carbonyl (C=O) groups excluding carboxylic acids is 1. The van der Waals surface area contributed by atoms with Gasteiger partial charge in [0.2, 0.25) is 11.8 Å². The topological polar surface area (TPSA) is 67.6 Å². The Balaban J connectivity index is 1.44. The summed E-state index contributed by atoms with van der Waals surface area (Å²) in [5.41, 5.74) is 2.61. The zero-order valence-electron chi connectivity index (χ0n) is 16.7. The number of nitrogens with zero attached hydrogens (tertiary/aromatic N) is 2. The Hall–Kier alpha value is -3.12. The number of rotatable bonds is 6. The standard InChI is InChI=1S/C23H25N3O3/c1-16-20(25-23(29-16)17-7-4-3-5-8-17)15-26-14-6-9-21(26)22(27)24-18-10-12-19(28-2)13-11-18/h3-5,7-8,10-13,21H,6,9,14-15H2,1-2H3,(H,24,27)/t21-/m1/s1. The van der Waals surface area contributed by atoms with Gasteiger partial charge in [0.1, 0.15) is 11.5 Å². The van der Waals surface area contributed by atoms with E-state index in [1.807, 2.05) is 61.5 Å². The Kier molecular flexibility index (Phi) is 5.62. The van der Waals surface area contributed by atoms with Crippen molar-refractivity contribution in [3.63, 3.8) is 0 Å². The third kappa shape index (κ3) is 4.32. The van der Waals surface area contributed by atoms with Crippen LogP contribution < -0.4 is 10.1 Å². The molecule has 6 heteroatoms. The highest BCUT2D eigenvalue weighted by Gasteiger charge is 2.32. The average molecular weight is 391 g/mol. The van der Waals surface area contributed by atoms with Crippen LogP contribution in [-0.4, -0.2) is 35.5 Å². The third-order valence-electron chi connectivity index (χ3n) is 5.29. The minimum Gasteiger partial charge on any atom is -0.497 e. The molecule has 0 spiro atoms. The van der Waals surface area contributed by atoms with Crippen LogP contribution in [0, 0.1) is 6.92 Å². The summed E-state index contributed by atoms with van der Waals surface area (Å²) >= 11 is 0. The van der Waals surface area contributed by atoms with Crippen molar-refractivity contribution < 1.29 is 13.9 Å². The smallest absolute Gasteiger partial charge is 0.241 e. The lowest BCUT2D eigenvalue weighted by molar-refractivity contribution is -0.120. The number of oxazole rings is 1. The molecule has 6 nitrogen and oxygen atoms in total. The molecule has 4 rings (SSSR count). The van der Waals surface area contributed by atoms with Gasteiger partial charge in [-0.2, -0.15) is 0 Å². The number of methoxy groups -OCH3 is 1. The van der Waals surface area contributed by atoms with Crippen molar-refractivity contribution in [2.75, 3.05) is 19.0 Å². The Labute approximate surface area is 170 Å². The Morgan fingerprint density at radius 2 is 1.97 bits per heavy atom. The number of carbonyl (C=O) groups is 1. The Bertz CT molecular complexity index is 967. The van der Waals surface area contributed by atoms with Gasteiger partial charge in [-0.25, -0.2) is 4.98 Å². The molecule has 2 heterocycles. The van der Waals surface area contributed by atoms with Gasteiger partial charge in [0, 0.05) is 17.8 Å². The minimum atomic E-state index is -0.173. The van der Waals surface area contributed by atoms with Crippen LogP contribution in [0.5, 0.6) is 5.75 Å². The highest BCUT2D eigenvalue weighted by Crippen LogP contribution is 2.26. The first kappa shape index (κ1) is 19.2. The Morgan fingerprint density at radius 3 is 2.69 bits per heavy atom. The SMILES string of the molecule is COc1ccc(NC(=O)[C@H]2CCCN2Cc2nc(-c3ccccc3)oc2C)cc1. The molecular weight excluding hydrogens is 366 g/mol. The predicted octanol–water partition coefficient (Wildman–Crippen LogP) is 4.26. The van der Waals surface area contributed by atoms with Crippen molar-refractivity contribution in [1.29, 1.82) is 0 Å². The van der Waals surface area contributed by atoms with E-state index in [0.717, 1.165) is 47.8 Å². The molecule has 1 aromatic heterocycles. The van der Waals surface area contributed by atoms with E-state index in [9.17, 15) is 4.79 Å². The fourth-order valence-corrected chi connectivity index (χ4v) is 3.68. The van der Waals surface area contributed by atoms with Gasteiger partial charge in [0.15, 0.2) is 0 Å². The van der Waals surface area contributed by atoms with Crippen LogP contribution in [0.4, 0.5) is 5.69 Å². The first-order chi connectivity index (χ1) is 14.1. The number of anilines is 1. The van der Waals surface area contributed by atoms with E-state index in [1.54, 1.807) is 7.11 Å². The zero-order chi connectivity index (χ0) is 20.2. The van der Waals surface area contributed by atoms with Crippen molar-refractivity contribution in [3.8, 4) is 17.2 Å². The zero-order valence-corrected chi connectivity index (χ0v) is 16.7. The fourth-order valence-electron chi connectivity index (χ4n) is 3.68. The number of ether oxygens (including phenoxy) is 1. The van der Waals surface area contributed by atoms with Crippen molar-refractivity contribution in [2.24, 2.45) is 0 Å². The van der Waals surface area contributed by atoms with E-state index < -0.39 is 0 Å². The van der Waals surface area contributed by atoms with E-state index >= 15 is 0 Å². The van der Waals surface area contributed by atoms with Gasteiger partial charge < -0.3 is 14.5 Å². The number of nitrogens with one attached hydrogen (secondary N) is 1. The maximum Gasteiger partial charge on any atom is 0.241 e. The first-order valence-corrected chi connectivity index (χ1v) is 9.85. The number of benzene rings is 2. The molecule has 0 aliphatic carbocycles. The van der Waals surface area contributed by atoms with Crippen LogP contribution in [0.2, 0.25) is 0 Å². The normalized spacial score (nSPS) is 16.7. The van der Waals surface area contributed by atoms with E-state index in [-0.39, 0.29) is 11.9 Å². The molecular formula is C23H25N3O3. The number of aromatic nitrogens is 1. The van der Waals surface area contributed by atoms with Gasteiger partial charge in [0.25, 0.3) is 0 Å². The lowest BCUT2D eigenvalue weighted by atomic mass is 10.2. The molecule has 0 bridgehead atoms. The minimum absolute atomic E-state index is 0.0112. The van der Waals surface area contributed by atoms with Crippen molar-refractivity contribution in [2.45, 2.75) is 32.4 Å². The van der Waals surface area contributed by atoms with Gasteiger partial charge in [-0.1, -0.05) is 18.2 Å². The number of likely N-dealkylation sites (tertiary alicyclic amines) is 1. The van der Waals surface area contributed by atoms with Gasteiger partial charge in [-0.3, -0.25) is 9.69 Å². The van der Waals surface area contributed by atoms with Crippen LogP contribution in [0.25, 0.3) is 11.5 Å². The van der Waals surface area contributed by atoms with Crippen molar-refractivity contribution >= 4 is 11.6 Å². The molecule has 1 atom stereocenters. The van der Waals surface area contributed by atoms with Gasteiger partial charge in [-0.15, -0.1) is 0 Å². The van der Waals surface area contributed by atoms with Crippen LogP contribution in [0.3, 0.4) is 0 Å². The van der Waals surface area contributed by atoms with Gasteiger partial charge in [0.05, 0.1) is 18.8 Å². The molecule has 0 radical (unpaired) electrons. The Morgan fingerprint density at radius 1 is 1.21 bits per heavy atom. The number of aryl methyl sites for hydroxylation is 1. The summed E-state index contributed by atoms with van der Waals surface area (Å²) < 4.78 is 11.0. The van der Waals surface area contributed by atoms with Crippen LogP contribution >= 0.6 is 0 Å². The lowest BCUT2D eigenvalue weighted by Gasteiger charge is -2.23. The molecule has 1 fully saturated rings. The van der Waals surface area contributed by atoms with Crippen molar-refractivity contribution in [1.82, 2.24) is 9.88 Å². The molecule has 0 unspecified atom stereocenters. The monoisotopic (exact) mass is 391 g/mol. The molecule has 0 saturated carbocycles. The summed E-state index contributed by atoms with van der Waals surface area (Å²) in [7, 11) is 1.62. The molecule has 1 saturated heterocycles. The predicted molar refractivity (Wildman–Crippen MR) is 112 cm³/mol. The quantitative estimate of drug-likeness (QED) is 0.680. The first-order valence-electron chi connectivity index (χ1n) is 9.85. The van der Waals surface area contributed by atoms with Crippen LogP contribution in [0.1, 0.15) is 24.3 Å². The van der Waals surface area contributed by atoms with E-state index in [2.05, 4.69) is 15.2 Å². The van der Waals surface area contributed by atoms with Gasteiger partial charge in [-0.05, 0) is 62.7 Å². The summed E-state index contributed by atoms with van der Waals surface area (Å²) in [4.78, 5) is 19.7. The van der Waals surface area contributed by atoms with Crippen LogP contribution in [0.15, 0.2) is 59.0 Å². The second-order valence-electron chi connectivity index (χ2n) is 7.23. The second kappa shape index (κ2) is 8.49. The molecule has 3 aromatic rings. The summed E-state index contributed by atoms with van der Waals surface area (Å²) in [6, 6.07) is 17.1. The summed E-state index contributed by atoms with van der Waals surface area (Å²) in [5, 5.41) is 3.02. The second-order valence-corrected chi connectivity index (χ2v) is 7.23. The largest absolute Gasteiger partial charge is 0.497 e. The highest BCUT2D eigenvalue weighted by atomic mass is 16.5. The maximum atomic E-state index is 12.9. The van der Waals surface area contributed by atoms with E-state index in [4.69, 9.17) is 9.15 Å². The lowest BCUT2D eigenvalue weighted by Crippen LogP contribution is -2.39. The van der Waals surface area contributed by atoms with E-state index in [0.29, 0.717) is 12.4 Å². The van der Waals surface area contributed by atoms with Crippen LogP contribution in [-0.2, 0) is 11.3 Å². The maximum absolute atomic E-state index is 12.9. The number of hydrogen-bond acceptors (Lipinski definition) is 5. The fraction of sp³-hybridized carbons (Fsp3) is 0.304. The number of amides is 1. The molecule has 1 N–H and O–H groups in total. The molecule has 29 heavy (non-hydrogen) atoms. The van der Waals surface area contributed by atoms with Gasteiger partial charge >= 0.3 is 0 Å². The summed E-state index contributed by atoms with van der Waals surface area (Å²) in [6.07, 6.45) is 1.83. The molecule has 1 aliphatic heterocycles. The molecule has 150 valence electrons. The summed E-state index contributed by atoms with van der Waals surface area (Å²) in [6.45, 7) is 3.40. The van der Waals surface area contributed by atoms with Crippen molar-refractivity contribution in [3.05, 3.63) is 66.1 Å². The van der Waals surface area contributed by atoms with E-state index in [1.165, 1.54) is 0 Å².